The quantitative estimate of drug-likeness (QED) is 0.372. The van der Waals surface area contributed by atoms with Crippen LogP contribution in [0.2, 0.25) is 5.02 Å². The molecule has 1 N–H and O–H groups in total. The predicted molar refractivity (Wildman–Crippen MR) is 141 cm³/mol. The Bertz CT molecular complexity index is 1080. The number of nitrogens with one attached hydrogen (secondary N) is 1. The normalized spacial score (nSPS) is 12.1. The van der Waals surface area contributed by atoms with Gasteiger partial charge >= 0.3 is 0 Å². The molecule has 3 aromatic rings. The van der Waals surface area contributed by atoms with Gasteiger partial charge in [0.15, 0.2) is 0 Å². The van der Waals surface area contributed by atoms with E-state index in [1.165, 1.54) is 11.8 Å². The van der Waals surface area contributed by atoms with Gasteiger partial charge in [-0.2, -0.15) is 0 Å². The van der Waals surface area contributed by atoms with Gasteiger partial charge in [-0.1, -0.05) is 78.3 Å². The zero-order chi connectivity index (χ0) is 24.6. The average Bonchev–Trinajstić information content (AvgIpc) is 2.81. The van der Waals surface area contributed by atoms with Gasteiger partial charge in [-0.25, -0.2) is 0 Å². The molecule has 0 bridgehead atoms. The fourth-order valence-corrected chi connectivity index (χ4v) is 4.56. The Morgan fingerprint density at radius 2 is 1.50 bits per heavy atom. The van der Waals surface area contributed by atoms with Crippen LogP contribution in [0.3, 0.4) is 0 Å². The van der Waals surface area contributed by atoms with E-state index in [1.54, 1.807) is 11.0 Å². The van der Waals surface area contributed by atoms with Crippen LogP contribution in [0.15, 0.2) is 89.8 Å². The summed E-state index contributed by atoms with van der Waals surface area (Å²) in [5.41, 5.74) is 1.37. The minimum absolute atomic E-state index is 0.112. The summed E-state index contributed by atoms with van der Waals surface area (Å²) < 4.78 is 0. The van der Waals surface area contributed by atoms with Gasteiger partial charge in [0.25, 0.3) is 0 Å². The molecule has 3 rings (SSSR count). The lowest BCUT2D eigenvalue weighted by Crippen LogP contribution is -2.54. The SMILES string of the molecule is CC(C)(C)NC(=O)[C@H](Cc1ccccc1)N(Cc1ccccc1Cl)C(=O)CSc1ccccc1. The van der Waals surface area contributed by atoms with Crippen molar-refractivity contribution in [3.05, 3.63) is 101 Å². The molecular weight excluding hydrogens is 464 g/mol. The smallest absolute Gasteiger partial charge is 0.243 e. The van der Waals surface area contributed by atoms with E-state index in [4.69, 9.17) is 11.6 Å². The third kappa shape index (κ3) is 7.93. The average molecular weight is 495 g/mol. The zero-order valence-electron chi connectivity index (χ0n) is 19.8. The first-order chi connectivity index (χ1) is 16.2. The molecule has 0 aliphatic carbocycles. The van der Waals surface area contributed by atoms with Crippen molar-refractivity contribution in [2.45, 2.75) is 50.2 Å². The van der Waals surface area contributed by atoms with Crippen molar-refractivity contribution in [2.75, 3.05) is 5.75 Å². The zero-order valence-corrected chi connectivity index (χ0v) is 21.4. The van der Waals surface area contributed by atoms with Crippen molar-refractivity contribution in [1.29, 1.82) is 0 Å². The van der Waals surface area contributed by atoms with Gasteiger partial charge in [-0.3, -0.25) is 9.59 Å². The lowest BCUT2D eigenvalue weighted by atomic mass is 10.0. The summed E-state index contributed by atoms with van der Waals surface area (Å²) >= 11 is 7.92. The summed E-state index contributed by atoms with van der Waals surface area (Å²) in [6.07, 6.45) is 0.412. The van der Waals surface area contributed by atoms with Crippen molar-refractivity contribution < 1.29 is 9.59 Å². The maximum atomic E-state index is 13.6. The van der Waals surface area contributed by atoms with Gasteiger partial charge in [0.1, 0.15) is 6.04 Å². The maximum absolute atomic E-state index is 13.6. The second kappa shape index (κ2) is 12.1. The summed E-state index contributed by atoms with van der Waals surface area (Å²) in [7, 11) is 0. The Morgan fingerprint density at radius 3 is 2.12 bits per heavy atom. The molecule has 0 aromatic heterocycles. The van der Waals surface area contributed by atoms with Crippen molar-refractivity contribution in [2.24, 2.45) is 0 Å². The van der Waals surface area contributed by atoms with Crippen molar-refractivity contribution in [3.8, 4) is 0 Å². The van der Waals surface area contributed by atoms with Gasteiger partial charge in [-0.15, -0.1) is 11.8 Å². The molecular formula is C28H31ClN2O2S. The fourth-order valence-electron chi connectivity index (χ4n) is 3.56. The van der Waals surface area contributed by atoms with Crippen LogP contribution in [0, 0.1) is 0 Å². The van der Waals surface area contributed by atoms with Gasteiger partial charge in [0, 0.05) is 28.4 Å². The van der Waals surface area contributed by atoms with E-state index in [1.807, 2.05) is 99.6 Å². The number of amides is 2. The highest BCUT2D eigenvalue weighted by atomic mass is 35.5. The molecule has 0 saturated heterocycles. The first-order valence-corrected chi connectivity index (χ1v) is 12.7. The monoisotopic (exact) mass is 494 g/mol. The summed E-state index contributed by atoms with van der Waals surface area (Å²) in [6.45, 7) is 6.07. The van der Waals surface area contributed by atoms with E-state index < -0.39 is 11.6 Å². The third-order valence-electron chi connectivity index (χ3n) is 5.17. The molecule has 0 unspecified atom stereocenters. The van der Waals surface area contributed by atoms with Crippen molar-refractivity contribution in [3.63, 3.8) is 0 Å². The number of carbonyl (C=O) groups excluding carboxylic acids is 2. The van der Waals surface area contributed by atoms with Gasteiger partial charge < -0.3 is 10.2 Å². The van der Waals surface area contributed by atoms with Crippen molar-refractivity contribution >= 4 is 35.2 Å². The van der Waals surface area contributed by atoms with Crippen LogP contribution < -0.4 is 5.32 Å². The lowest BCUT2D eigenvalue weighted by molar-refractivity contribution is -0.140. The third-order valence-corrected chi connectivity index (χ3v) is 6.54. The van der Waals surface area contributed by atoms with Crippen molar-refractivity contribution in [1.82, 2.24) is 10.2 Å². The molecule has 2 amide bonds. The van der Waals surface area contributed by atoms with E-state index in [0.29, 0.717) is 11.4 Å². The highest BCUT2D eigenvalue weighted by Crippen LogP contribution is 2.23. The molecule has 0 aliphatic rings. The molecule has 178 valence electrons. The summed E-state index contributed by atoms with van der Waals surface area (Å²) in [4.78, 5) is 29.8. The first-order valence-electron chi connectivity index (χ1n) is 11.3. The van der Waals surface area contributed by atoms with Crippen LogP contribution >= 0.6 is 23.4 Å². The second-order valence-electron chi connectivity index (χ2n) is 9.16. The molecule has 0 radical (unpaired) electrons. The summed E-state index contributed by atoms with van der Waals surface area (Å²) in [5.74, 6) is -0.0667. The van der Waals surface area contributed by atoms with E-state index in [-0.39, 0.29) is 24.1 Å². The predicted octanol–water partition coefficient (Wildman–Crippen LogP) is 5.99. The Labute approximate surface area is 211 Å². The summed E-state index contributed by atoms with van der Waals surface area (Å²) in [5, 5.41) is 3.65. The summed E-state index contributed by atoms with van der Waals surface area (Å²) in [6, 6.07) is 26.4. The van der Waals surface area contributed by atoms with E-state index in [0.717, 1.165) is 16.0 Å². The number of halogens is 1. The molecule has 0 aliphatic heterocycles. The molecule has 0 fully saturated rings. The van der Waals surface area contributed by atoms with Crippen LogP contribution in [-0.4, -0.2) is 34.0 Å². The molecule has 4 nitrogen and oxygen atoms in total. The number of nitrogens with zero attached hydrogens (tertiary/aromatic N) is 1. The molecule has 1 atom stereocenters. The number of thioether (sulfide) groups is 1. The Kier molecular flexibility index (Phi) is 9.20. The minimum Gasteiger partial charge on any atom is -0.350 e. The number of rotatable bonds is 9. The van der Waals surface area contributed by atoms with Crippen LogP contribution in [0.1, 0.15) is 31.9 Å². The first kappa shape index (κ1) is 25.9. The Morgan fingerprint density at radius 1 is 0.912 bits per heavy atom. The van der Waals surface area contributed by atoms with Crippen LogP contribution in [0.25, 0.3) is 0 Å². The molecule has 0 spiro atoms. The molecule has 34 heavy (non-hydrogen) atoms. The van der Waals surface area contributed by atoms with E-state index in [9.17, 15) is 9.59 Å². The molecule has 3 aromatic carbocycles. The van der Waals surface area contributed by atoms with E-state index >= 15 is 0 Å². The highest BCUT2D eigenvalue weighted by Gasteiger charge is 2.32. The fraction of sp³-hybridized carbons (Fsp3) is 0.286. The minimum atomic E-state index is -0.679. The topological polar surface area (TPSA) is 49.4 Å². The number of benzene rings is 3. The van der Waals surface area contributed by atoms with Crippen LogP contribution in [0.4, 0.5) is 0 Å². The van der Waals surface area contributed by atoms with Gasteiger partial charge in [0.05, 0.1) is 5.75 Å². The van der Waals surface area contributed by atoms with E-state index in [2.05, 4.69) is 5.32 Å². The van der Waals surface area contributed by atoms with Gasteiger partial charge in [0.2, 0.25) is 11.8 Å². The van der Waals surface area contributed by atoms with Gasteiger partial charge in [-0.05, 0) is 50.1 Å². The highest BCUT2D eigenvalue weighted by molar-refractivity contribution is 8.00. The number of carbonyl (C=O) groups is 2. The second-order valence-corrected chi connectivity index (χ2v) is 10.6. The van der Waals surface area contributed by atoms with Crippen LogP contribution in [-0.2, 0) is 22.6 Å². The lowest BCUT2D eigenvalue weighted by Gasteiger charge is -2.34. The Balaban J connectivity index is 1.94. The maximum Gasteiger partial charge on any atom is 0.243 e. The van der Waals surface area contributed by atoms with Crippen LogP contribution in [0.5, 0.6) is 0 Å². The molecule has 0 heterocycles. The standard InChI is InChI=1S/C28H31ClN2O2S/c1-28(2,3)30-27(33)25(18-21-12-6-4-7-13-21)31(19-22-14-10-11-17-24(22)29)26(32)20-34-23-15-8-5-9-16-23/h4-17,25H,18-20H2,1-3H3,(H,30,33)/t25-/m0/s1. The largest absolute Gasteiger partial charge is 0.350 e. The Hall–Kier alpha value is -2.76. The molecule has 6 heteroatoms. The number of hydrogen-bond acceptors (Lipinski definition) is 3. The number of hydrogen-bond donors (Lipinski definition) is 1. The molecule has 0 saturated carbocycles.